The summed E-state index contributed by atoms with van der Waals surface area (Å²) in [5.74, 6) is 1.01. The van der Waals surface area contributed by atoms with Gasteiger partial charge in [-0.3, -0.25) is 10.2 Å². The Morgan fingerprint density at radius 1 is 1.15 bits per heavy atom. The number of benzene rings is 1. The van der Waals surface area contributed by atoms with Crippen LogP contribution < -0.4 is 5.73 Å². The number of ketones is 1. The molecule has 4 nitrogen and oxygen atoms in total. The van der Waals surface area contributed by atoms with Crippen LogP contribution in [0.25, 0.3) is 5.57 Å². The van der Waals surface area contributed by atoms with Gasteiger partial charge in [-0.2, -0.15) is 0 Å². The molecule has 0 spiro atoms. The van der Waals surface area contributed by atoms with Gasteiger partial charge >= 0.3 is 0 Å². The fourth-order valence-corrected chi connectivity index (χ4v) is 1.88. The van der Waals surface area contributed by atoms with Gasteiger partial charge in [-0.25, -0.2) is 0 Å². The van der Waals surface area contributed by atoms with Gasteiger partial charge in [0.25, 0.3) is 0 Å². The fraction of sp³-hybridized carbons (Fsp3) is 0.545. The molecule has 26 heavy (non-hydrogen) atoms. The van der Waals surface area contributed by atoms with E-state index in [9.17, 15) is 4.79 Å². The van der Waals surface area contributed by atoms with Crippen molar-refractivity contribution in [1.82, 2.24) is 4.90 Å². The first-order valence-electron chi connectivity index (χ1n) is 9.67. The van der Waals surface area contributed by atoms with E-state index in [2.05, 4.69) is 0 Å². The summed E-state index contributed by atoms with van der Waals surface area (Å²) in [5.41, 5.74) is 8.06. The van der Waals surface area contributed by atoms with Crippen molar-refractivity contribution in [2.75, 3.05) is 14.1 Å². The monoisotopic (exact) mass is 361 g/mol. The van der Waals surface area contributed by atoms with Crippen LogP contribution in [0, 0.1) is 18.3 Å². The van der Waals surface area contributed by atoms with Crippen molar-refractivity contribution < 1.29 is 4.79 Å². The molecule has 2 rings (SSSR count). The summed E-state index contributed by atoms with van der Waals surface area (Å²) in [6, 6.07) is 8.06. The van der Waals surface area contributed by atoms with Gasteiger partial charge in [-0.1, -0.05) is 64.4 Å². The molecule has 1 aromatic carbocycles. The molecular weight excluding hydrogens is 322 g/mol. The molecule has 4 heteroatoms. The third-order valence-corrected chi connectivity index (χ3v) is 3.39. The molecule has 1 aliphatic rings. The van der Waals surface area contributed by atoms with Crippen molar-refractivity contribution in [3.05, 3.63) is 41.6 Å². The average Bonchev–Trinajstić information content (AvgIpc) is 3.49. The predicted molar refractivity (Wildman–Crippen MR) is 115 cm³/mol. The van der Waals surface area contributed by atoms with E-state index in [1.165, 1.54) is 5.56 Å². The lowest BCUT2D eigenvalue weighted by atomic mass is 10.00. The van der Waals surface area contributed by atoms with E-state index >= 15 is 0 Å². The second-order valence-corrected chi connectivity index (χ2v) is 5.88. The SMILES string of the molecule is CC.CC.CCC(=O)/C(=C/N(C)C)c1ccc(C)cc1.N=C(N)C1CC1. The average molecular weight is 362 g/mol. The fourth-order valence-electron chi connectivity index (χ4n) is 1.88. The lowest BCUT2D eigenvalue weighted by molar-refractivity contribution is -0.113. The van der Waals surface area contributed by atoms with Gasteiger partial charge in [-0.15, -0.1) is 0 Å². The summed E-state index contributed by atoms with van der Waals surface area (Å²) in [6.45, 7) is 11.9. The van der Waals surface area contributed by atoms with Crippen molar-refractivity contribution in [2.24, 2.45) is 11.7 Å². The van der Waals surface area contributed by atoms with Crippen LogP contribution in [0.15, 0.2) is 30.5 Å². The number of nitrogens with one attached hydrogen (secondary N) is 1. The number of hydrogen-bond acceptors (Lipinski definition) is 3. The largest absolute Gasteiger partial charge is 0.387 e. The highest BCUT2D eigenvalue weighted by atomic mass is 16.1. The van der Waals surface area contributed by atoms with Crippen molar-refractivity contribution in [3.8, 4) is 0 Å². The van der Waals surface area contributed by atoms with Crippen LogP contribution in [0.5, 0.6) is 0 Å². The van der Waals surface area contributed by atoms with E-state index in [0.29, 0.717) is 18.2 Å². The maximum absolute atomic E-state index is 11.8. The van der Waals surface area contributed by atoms with E-state index in [-0.39, 0.29) is 5.78 Å². The standard InChI is InChI=1S/C14H19NO.C4H8N2.2C2H6/c1-5-14(16)13(10-15(3)4)12-8-6-11(2)7-9-12;5-4(6)3-1-2-3;2*1-2/h6-10H,5H2,1-4H3;3H,1-2H2,(H3,5,6);2*1-2H3/b13-10+;;;. The minimum absolute atomic E-state index is 0.178. The first kappa shape index (κ1) is 26.1. The van der Waals surface area contributed by atoms with E-state index in [1.807, 2.05) is 91.0 Å². The third kappa shape index (κ3) is 11.5. The summed E-state index contributed by atoms with van der Waals surface area (Å²) >= 11 is 0. The quantitative estimate of drug-likeness (QED) is 0.427. The van der Waals surface area contributed by atoms with Crippen LogP contribution in [0.4, 0.5) is 0 Å². The highest BCUT2D eigenvalue weighted by Crippen LogP contribution is 2.27. The number of carbonyl (C=O) groups excluding carboxylic acids is 1. The number of carbonyl (C=O) groups is 1. The third-order valence-electron chi connectivity index (χ3n) is 3.39. The first-order valence-corrected chi connectivity index (χ1v) is 9.67. The summed E-state index contributed by atoms with van der Waals surface area (Å²) in [4.78, 5) is 13.7. The maximum Gasteiger partial charge on any atom is 0.164 e. The Balaban J connectivity index is 0. The number of nitrogens with two attached hydrogens (primary N) is 1. The number of amidine groups is 1. The topological polar surface area (TPSA) is 70.2 Å². The van der Waals surface area contributed by atoms with Gasteiger partial charge in [0, 0.05) is 38.2 Å². The molecule has 0 amide bonds. The second kappa shape index (κ2) is 15.2. The van der Waals surface area contributed by atoms with Gasteiger partial charge in [0.2, 0.25) is 0 Å². The summed E-state index contributed by atoms with van der Waals surface area (Å²) in [7, 11) is 3.86. The van der Waals surface area contributed by atoms with E-state index in [0.717, 1.165) is 24.0 Å². The molecule has 0 aliphatic heterocycles. The summed E-state index contributed by atoms with van der Waals surface area (Å²) < 4.78 is 0. The van der Waals surface area contributed by atoms with Gasteiger partial charge < -0.3 is 10.6 Å². The Hall–Kier alpha value is -2.10. The molecule has 0 bridgehead atoms. The van der Waals surface area contributed by atoms with Crippen LogP contribution in [-0.2, 0) is 4.79 Å². The summed E-state index contributed by atoms with van der Waals surface area (Å²) in [6.07, 6.45) is 4.72. The van der Waals surface area contributed by atoms with Crippen LogP contribution in [-0.4, -0.2) is 30.6 Å². The van der Waals surface area contributed by atoms with Crippen LogP contribution >= 0.6 is 0 Å². The molecule has 0 saturated heterocycles. The predicted octanol–water partition coefficient (Wildman–Crippen LogP) is 5.26. The molecule has 148 valence electrons. The zero-order chi connectivity index (χ0) is 20.7. The van der Waals surface area contributed by atoms with Crippen LogP contribution in [0.3, 0.4) is 0 Å². The Kier molecular flexibility index (Phi) is 15.3. The Morgan fingerprint density at radius 3 is 1.88 bits per heavy atom. The van der Waals surface area contributed by atoms with Crippen molar-refractivity contribution in [3.63, 3.8) is 0 Å². The maximum atomic E-state index is 11.8. The lowest BCUT2D eigenvalue weighted by Gasteiger charge is -2.11. The zero-order valence-corrected chi connectivity index (χ0v) is 18.0. The molecule has 1 saturated carbocycles. The zero-order valence-electron chi connectivity index (χ0n) is 18.0. The molecule has 1 aliphatic carbocycles. The van der Waals surface area contributed by atoms with Crippen molar-refractivity contribution >= 4 is 17.2 Å². The molecule has 0 aromatic heterocycles. The minimum Gasteiger partial charge on any atom is -0.387 e. The van der Waals surface area contributed by atoms with Gasteiger partial charge in [0.1, 0.15) is 0 Å². The molecule has 0 unspecified atom stereocenters. The highest BCUT2D eigenvalue weighted by Gasteiger charge is 2.23. The Bertz CT molecular complexity index is 541. The van der Waals surface area contributed by atoms with Gasteiger partial charge in [-0.05, 0) is 25.3 Å². The van der Waals surface area contributed by atoms with Gasteiger partial charge in [0.15, 0.2) is 5.78 Å². The molecule has 3 N–H and O–H groups in total. The first-order chi connectivity index (χ1) is 12.3. The Labute approximate surface area is 161 Å². The Morgan fingerprint density at radius 2 is 1.62 bits per heavy atom. The number of nitrogens with zero attached hydrogens (tertiary/aromatic N) is 1. The minimum atomic E-state index is 0.178. The van der Waals surface area contributed by atoms with E-state index < -0.39 is 0 Å². The van der Waals surface area contributed by atoms with Gasteiger partial charge in [0.05, 0.1) is 5.84 Å². The molecular formula is C22H39N3O. The van der Waals surface area contributed by atoms with Crippen LogP contribution in [0.2, 0.25) is 0 Å². The molecule has 0 radical (unpaired) electrons. The molecule has 0 heterocycles. The van der Waals surface area contributed by atoms with E-state index in [4.69, 9.17) is 11.1 Å². The molecule has 1 aromatic rings. The number of allylic oxidation sites excluding steroid dienone is 1. The summed E-state index contributed by atoms with van der Waals surface area (Å²) in [5, 5.41) is 6.79. The number of aryl methyl sites for hydroxylation is 1. The molecule has 1 fully saturated rings. The number of rotatable bonds is 5. The van der Waals surface area contributed by atoms with Crippen molar-refractivity contribution in [2.45, 2.75) is 60.8 Å². The van der Waals surface area contributed by atoms with Crippen molar-refractivity contribution in [1.29, 1.82) is 5.41 Å². The molecule has 0 atom stereocenters. The van der Waals surface area contributed by atoms with Crippen LogP contribution in [0.1, 0.15) is 65.0 Å². The highest BCUT2D eigenvalue weighted by molar-refractivity contribution is 6.20. The van der Waals surface area contributed by atoms with E-state index in [1.54, 1.807) is 0 Å². The smallest absolute Gasteiger partial charge is 0.164 e. The lowest BCUT2D eigenvalue weighted by Crippen LogP contribution is -2.10. The number of Topliss-reactive ketones (excluding diaryl/α,β-unsaturated/α-hetero) is 1. The second-order valence-electron chi connectivity index (χ2n) is 5.88. The number of hydrogen-bond donors (Lipinski definition) is 2. The normalized spacial score (nSPS) is 12.2.